The van der Waals surface area contributed by atoms with Gasteiger partial charge in [0, 0.05) is 35.8 Å². The molecule has 0 bridgehead atoms. The molecule has 10 nitrogen and oxygen atoms in total. The number of aliphatic hydroxyl groups is 1. The molecular weight excluding hydrogens is 462 g/mol. The van der Waals surface area contributed by atoms with Gasteiger partial charge in [-0.3, -0.25) is 14.6 Å². The topological polar surface area (TPSA) is 138 Å². The van der Waals surface area contributed by atoms with Crippen molar-refractivity contribution in [1.29, 1.82) is 0 Å². The van der Waals surface area contributed by atoms with Gasteiger partial charge in [0.1, 0.15) is 5.60 Å². The maximum Gasteiger partial charge on any atom is 0.328 e. The Labute approximate surface area is 197 Å². The molecule has 0 saturated carbocycles. The van der Waals surface area contributed by atoms with Crippen molar-refractivity contribution in [2.24, 2.45) is 0 Å². The third-order valence-electron chi connectivity index (χ3n) is 6.44. The summed E-state index contributed by atoms with van der Waals surface area (Å²) in [5, 5.41) is 19.2. The molecule has 180 valence electrons. The first-order chi connectivity index (χ1) is 16.0. The summed E-state index contributed by atoms with van der Waals surface area (Å²) in [6.07, 6.45) is 2.36. The van der Waals surface area contributed by atoms with Crippen LogP contribution in [-0.4, -0.2) is 70.9 Å². The van der Waals surface area contributed by atoms with E-state index in [4.69, 9.17) is 9.94 Å². The Bertz CT molecular complexity index is 1300. The number of hydrogen-bond acceptors (Lipinski definition) is 7. The maximum absolute atomic E-state index is 12.8. The number of hydroxylamine groups is 1. The average Bonchev–Trinajstić information content (AvgIpc) is 3.31. The summed E-state index contributed by atoms with van der Waals surface area (Å²) in [7, 11) is -3.84. The molecule has 1 fully saturated rings. The summed E-state index contributed by atoms with van der Waals surface area (Å²) < 4.78 is 28.9. The third kappa shape index (κ3) is 4.21. The summed E-state index contributed by atoms with van der Waals surface area (Å²) in [5.74, 6) is 5.02. The number of carbonyl (C=O) groups is 2. The molecule has 1 saturated heterocycles. The molecule has 11 heteroatoms. The highest BCUT2D eigenvalue weighted by atomic mass is 32.2. The standard InChI is InChI=1S/C23H25N3O7S/c1-22(20(27)24-30,34(2,31)32)9-10-25-13-19-11-17(12-26(19)21(25)28)4-3-16-5-7-18(8-6-16)23(29)14-33-15-23/h5-8,11-12,29-30H,9-10,13-15H2,1-2H3,(H,24,27)/t22-/m0/s1. The first-order valence-electron chi connectivity index (χ1n) is 10.5. The van der Waals surface area contributed by atoms with Crippen LogP contribution in [0.1, 0.15) is 35.7 Å². The van der Waals surface area contributed by atoms with Crippen LogP contribution in [0.4, 0.5) is 4.79 Å². The number of ether oxygens (including phenoxy) is 1. The lowest BCUT2D eigenvalue weighted by Crippen LogP contribution is -2.50. The zero-order chi connectivity index (χ0) is 24.7. The second-order valence-corrected chi connectivity index (χ2v) is 11.3. The first-order valence-corrected chi connectivity index (χ1v) is 12.4. The molecule has 1 aromatic heterocycles. The Kier molecular flexibility index (Phi) is 6.03. The van der Waals surface area contributed by atoms with E-state index in [1.54, 1.807) is 12.3 Å². The lowest BCUT2D eigenvalue weighted by Gasteiger charge is -2.36. The Morgan fingerprint density at radius 3 is 2.41 bits per heavy atom. The van der Waals surface area contributed by atoms with Gasteiger partial charge in [0.05, 0.1) is 19.8 Å². The monoisotopic (exact) mass is 487 g/mol. The molecule has 1 aromatic carbocycles. The number of aromatic nitrogens is 1. The van der Waals surface area contributed by atoms with Gasteiger partial charge in [-0.2, -0.15) is 0 Å². The van der Waals surface area contributed by atoms with Crippen LogP contribution < -0.4 is 5.48 Å². The van der Waals surface area contributed by atoms with Crippen molar-refractivity contribution in [2.45, 2.75) is 30.2 Å². The maximum atomic E-state index is 12.8. The Hall–Kier alpha value is -3.17. The highest BCUT2D eigenvalue weighted by molar-refractivity contribution is 7.92. The van der Waals surface area contributed by atoms with Gasteiger partial charge in [0.2, 0.25) is 0 Å². The number of hydrogen-bond donors (Lipinski definition) is 3. The number of sulfone groups is 1. The van der Waals surface area contributed by atoms with Crippen LogP contribution in [0.25, 0.3) is 0 Å². The van der Waals surface area contributed by atoms with E-state index >= 15 is 0 Å². The zero-order valence-electron chi connectivity index (χ0n) is 18.7. The molecule has 2 aliphatic heterocycles. The first kappa shape index (κ1) is 24.0. The number of nitrogens with zero attached hydrogens (tertiary/aromatic N) is 2. The Morgan fingerprint density at radius 1 is 1.24 bits per heavy atom. The average molecular weight is 488 g/mol. The van der Waals surface area contributed by atoms with Gasteiger partial charge in [0.25, 0.3) is 5.91 Å². The lowest BCUT2D eigenvalue weighted by molar-refractivity contribution is -0.184. The zero-order valence-corrected chi connectivity index (χ0v) is 19.6. The van der Waals surface area contributed by atoms with E-state index < -0.39 is 26.1 Å². The largest absolute Gasteiger partial charge is 0.380 e. The molecule has 4 rings (SSSR count). The molecule has 0 unspecified atom stereocenters. The predicted octanol–water partition coefficient (Wildman–Crippen LogP) is 0.588. The normalized spacial score (nSPS) is 18.4. The number of benzene rings is 1. The molecule has 0 spiro atoms. The van der Waals surface area contributed by atoms with Gasteiger partial charge in [0.15, 0.2) is 14.6 Å². The van der Waals surface area contributed by atoms with Crippen LogP contribution >= 0.6 is 0 Å². The SMILES string of the molecule is C[C@](CCN1Cc2cc(C#Cc3ccc(C4(O)COC4)cc3)cn2C1=O)(C(=O)NO)S(C)(=O)=O. The summed E-state index contributed by atoms with van der Waals surface area (Å²) in [6.45, 7) is 2.04. The second-order valence-electron chi connectivity index (χ2n) is 8.84. The predicted molar refractivity (Wildman–Crippen MR) is 121 cm³/mol. The van der Waals surface area contributed by atoms with E-state index in [1.807, 2.05) is 24.3 Å². The summed E-state index contributed by atoms with van der Waals surface area (Å²) in [5.41, 5.74) is 3.36. The molecule has 0 aliphatic carbocycles. The number of amides is 2. The fraction of sp³-hybridized carbons (Fsp3) is 0.391. The number of carbonyl (C=O) groups excluding carboxylic acids is 2. The number of rotatable bonds is 6. The molecule has 2 aromatic rings. The lowest BCUT2D eigenvalue weighted by atomic mass is 9.91. The highest BCUT2D eigenvalue weighted by Crippen LogP contribution is 2.29. The summed E-state index contributed by atoms with van der Waals surface area (Å²) >= 11 is 0. The van der Waals surface area contributed by atoms with E-state index in [9.17, 15) is 23.1 Å². The van der Waals surface area contributed by atoms with E-state index in [2.05, 4.69) is 11.8 Å². The van der Waals surface area contributed by atoms with Crippen LogP contribution in [-0.2, 0) is 31.5 Å². The minimum Gasteiger partial charge on any atom is -0.380 e. The van der Waals surface area contributed by atoms with Gasteiger partial charge < -0.3 is 14.7 Å². The molecule has 34 heavy (non-hydrogen) atoms. The van der Waals surface area contributed by atoms with Crippen molar-refractivity contribution in [3.63, 3.8) is 0 Å². The van der Waals surface area contributed by atoms with Gasteiger partial charge in [-0.1, -0.05) is 24.0 Å². The summed E-state index contributed by atoms with van der Waals surface area (Å²) in [4.78, 5) is 26.2. The van der Waals surface area contributed by atoms with Gasteiger partial charge in [-0.05, 0) is 37.1 Å². The Balaban J connectivity index is 1.42. The van der Waals surface area contributed by atoms with E-state index in [0.717, 1.165) is 17.4 Å². The van der Waals surface area contributed by atoms with Crippen molar-refractivity contribution in [3.8, 4) is 11.8 Å². The third-order valence-corrected chi connectivity index (χ3v) is 8.47. The van der Waals surface area contributed by atoms with Crippen LogP contribution in [0, 0.1) is 11.8 Å². The van der Waals surface area contributed by atoms with Crippen LogP contribution in [0.5, 0.6) is 0 Å². The second kappa shape index (κ2) is 8.56. The quantitative estimate of drug-likeness (QED) is 0.308. The van der Waals surface area contributed by atoms with E-state index in [0.29, 0.717) is 11.3 Å². The van der Waals surface area contributed by atoms with Crippen molar-refractivity contribution >= 4 is 21.8 Å². The van der Waals surface area contributed by atoms with Crippen LogP contribution in [0.3, 0.4) is 0 Å². The fourth-order valence-corrected chi connectivity index (χ4v) is 4.72. The van der Waals surface area contributed by atoms with Gasteiger partial charge in [-0.25, -0.2) is 18.7 Å². The molecule has 3 N–H and O–H groups in total. The Morgan fingerprint density at radius 2 is 1.88 bits per heavy atom. The van der Waals surface area contributed by atoms with E-state index in [1.165, 1.54) is 21.9 Å². The van der Waals surface area contributed by atoms with Crippen LogP contribution in [0.2, 0.25) is 0 Å². The minimum atomic E-state index is -3.84. The number of fused-ring (bicyclic) bond motifs is 1. The fourth-order valence-electron chi connectivity index (χ4n) is 3.87. The number of nitrogens with one attached hydrogen (secondary N) is 1. The highest BCUT2D eigenvalue weighted by Gasteiger charge is 2.44. The minimum absolute atomic E-state index is 0.0161. The van der Waals surface area contributed by atoms with Gasteiger partial charge >= 0.3 is 6.03 Å². The molecule has 2 aliphatic rings. The van der Waals surface area contributed by atoms with Gasteiger partial charge in [-0.15, -0.1) is 0 Å². The van der Waals surface area contributed by atoms with Crippen molar-refractivity contribution < 1.29 is 33.1 Å². The molecule has 3 heterocycles. The summed E-state index contributed by atoms with van der Waals surface area (Å²) in [6, 6.07) is 8.70. The molecule has 1 atom stereocenters. The smallest absolute Gasteiger partial charge is 0.328 e. The van der Waals surface area contributed by atoms with Crippen molar-refractivity contribution in [3.05, 3.63) is 58.9 Å². The molecule has 2 amide bonds. The van der Waals surface area contributed by atoms with Crippen molar-refractivity contribution in [1.82, 2.24) is 14.9 Å². The van der Waals surface area contributed by atoms with Crippen molar-refractivity contribution in [2.75, 3.05) is 26.0 Å². The van der Waals surface area contributed by atoms with Crippen LogP contribution in [0.15, 0.2) is 36.5 Å². The molecule has 0 radical (unpaired) electrons. The molecular formula is C23H25N3O7S. The van der Waals surface area contributed by atoms with E-state index in [-0.39, 0.29) is 38.8 Å².